The van der Waals surface area contributed by atoms with Crippen LogP contribution in [-0.2, 0) is 0 Å². The maximum atomic E-state index is 5.92. The molecule has 80 valence electrons. The van der Waals surface area contributed by atoms with Gasteiger partial charge in [0.1, 0.15) is 0 Å². The molecule has 0 aromatic carbocycles. The highest BCUT2D eigenvalue weighted by Crippen LogP contribution is 2.14. The van der Waals surface area contributed by atoms with Crippen molar-refractivity contribution in [3.8, 4) is 0 Å². The third kappa shape index (κ3) is 2.00. The highest BCUT2D eigenvalue weighted by molar-refractivity contribution is 5.85. The molecule has 2 aromatic heterocycles. The Bertz CT molecular complexity index is 443. The molecule has 0 radical (unpaired) electrons. The molecule has 0 saturated carbocycles. The van der Waals surface area contributed by atoms with Crippen LogP contribution in [0.3, 0.4) is 0 Å². The van der Waals surface area contributed by atoms with Crippen LogP contribution in [0.1, 0.15) is 11.4 Å². The lowest BCUT2D eigenvalue weighted by Crippen LogP contribution is -2.09. The second-order valence-corrected chi connectivity index (χ2v) is 3.26. The largest absolute Gasteiger partial charge is 0.395 e. The van der Waals surface area contributed by atoms with Crippen LogP contribution in [0.2, 0.25) is 0 Å². The Morgan fingerprint density at radius 1 is 0.750 bits per heavy atom. The van der Waals surface area contributed by atoms with E-state index in [-0.39, 0.29) is 0 Å². The molecule has 16 heavy (non-hydrogen) atoms. The predicted molar refractivity (Wildman–Crippen MR) is 63.7 cm³/mol. The first-order valence-electron chi connectivity index (χ1n) is 4.87. The van der Waals surface area contributed by atoms with Crippen molar-refractivity contribution >= 4 is 11.4 Å². The summed E-state index contributed by atoms with van der Waals surface area (Å²) in [4.78, 5) is 8.27. The molecule has 0 spiro atoms. The minimum absolute atomic E-state index is 0.444. The molecule has 0 aliphatic rings. The summed E-state index contributed by atoms with van der Waals surface area (Å²) >= 11 is 0. The summed E-state index contributed by atoms with van der Waals surface area (Å²) in [5.41, 5.74) is 14.0. The number of nitrogens with zero attached hydrogens (tertiary/aromatic N) is 2. The van der Waals surface area contributed by atoms with Gasteiger partial charge in [-0.1, -0.05) is 12.1 Å². The van der Waals surface area contributed by atoms with E-state index in [1.54, 1.807) is 12.4 Å². The fraction of sp³-hybridized carbons (Fsp3) is 0. The number of hydrogen-bond acceptors (Lipinski definition) is 4. The van der Waals surface area contributed by atoms with Crippen LogP contribution in [0, 0.1) is 0 Å². The average molecular weight is 212 g/mol. The molecule has 0 fully saturated rings. The molecule has 4 nitrogen and oxygen atoms in total. The highest BCUT2D eigenvalue weighted by Gasteiger charge is 2.05. The third-order valence-corrected chi connectivity index (χ3v) is 2.17. The topological polar surface area (TPSA) is 77.8 Å². The van der Waals surface area contributed by atoms with Crippen LogP contribution < -0.4 is 11.5 Å². The Morgan fingerprint density at radius 3 is 1.50 bits per heavy atom. The van der Waals surface area contributed by atoms with Crippen molar-refractivity contribution in [2.75, 3.05) is 0 Å². The fourth-order valence-electron chi connectivity index (χ4n) is 1.32. The van der Waals surface area contributed by atoms with Gasteiger partial charge in [0.15, 0.2) is 0 Å². The molecule has 0 aliphatic carbocycles. The molecule has 0 atom stereocenters. The molecule has 0 unspecified atom stereocenters. The van der Waals surface area contributed by atoms with E-state index in [2.05, 4.69) is 9.97 Å². The van der Waals surface area contributed by atoms with Gasteiger partial charge in [-0.25, -0.2) is 0 Å². The van der Waals surface area contributed by atoms with E-state index in [1.165, 1.54) is 0 Å². The van der Waals surface area contributed by atoms with Crippen molar-refractivity contribution in [3.63, 3.8) is 0 Å². The summed E-state index contributed by atoms with van der Waals surface area (Å²) in [6.07, 6.45) is 3.35. The first-order chi connectivity index (χ1) is 7.79. The molecule has 4 N–H and O–H groups in total. The lowest BCUT2D eigenvalue weighted by atomic mass is 10.2. The minimum Gasteiger partial charge on any atom is -0.395 e. The van der Waals surface area contributed by atoms with Crippen LogP contribution in [-0.4, -0.2) is 9.97 Å². The summed E-state index contributed by atoms with van der Waals surface area (Å²) in [6.45, 7) is 0. The molecule has 0 aliphatic heterocycles. The normalized spacial score (nSPS) is 12.0. The van der Waals surface area contributed by atoms with Gasteiger partial charge in [-0.3, -0.25) is 9.97 Å². The van der Waals surface area contributed by atoms with Crippen LogP contribution in [0.15, 0.2) is 48.8 Å². The lowest BCUT2D eigenvalue weighted by molar-refractivity contribution is 1.22. The van der Waals surface area contributed by atoms with Crippen molar-refractivity contribution < 1.29 is 0 Å². The monoisotopic (exact) mass is 212 g/mol. The number of hydrogen-bond donors (Lipinski definition) is 2. The van der Waals surface area contributed by atoms with Crippen LogP contribution >= 0.6 is 0 Å². The van der Waals surface area contributed by atoms with E-state index < -0.39 is 0 Å². The number of rotatable bonds is 2. The first kappa shape index (κ1) is 10.2. The Hall–Kier alpha value is -2.36. The van der Waals surface area contributed by atoms with Gasteiger partial charge in [0.25, 0.3) is 0 Å². The van der Waals surface area contributed by atoms with Crippen LogP contribution in [0.4, 0.5) is 0 Å². The van der Waals surface area contributed by atoms with Gasteiger partial charge in [0.05, 0.1) is 22.8 Å². The highest BCUT2D eigenvalue weighted by atomic mass is 14.8. The van der Waals surface area contributed by atoms with E-state index in [0.29, 0.717) is 22.8 Å². The standard InChI is InChI=1S/C12H12N4/c13-11(9-5-1-3-7-15-9)12(14)10-6-2-4-8-16-10/h1-8H,13-14H2/b12-11-. The third-order valence-electron chi connectivity index (χ3n) is 2.17. The van der Waals surface area contributed by atoms with Gasteiger partial charge in [-0.2, -0.15) is 0 Å². The van der Waals surface area contributed by atoms with Gasteiger partial charge in [-0.15, -0.1) is 0 Å². The Balaban J connectivity index is 2.43. The van der Waals surface area contributed by atoms with Crippen molar-refractivity contribution in [1.82, 2.24) is 9.97 Å². The number of nitrogens with two attached hydrogens (primary N) is 2. The molecule has 0 bridgehead atoms. The summed E-state index contributed by atoms with van der Waals surface area (Å²) in [5, 5.41) is 0. The van der Waals surface area contributed by atoms with Crippen LogP contribution in [0.5, 0.6) is 0 Å². The van der Waals surface area contributed by atoms with Crippen molar-refractivity contribution in [2.24, 2.45) is 11.5 Å². The maximum Gasteiger partial charge on any atom is 0.0880 e. The average Bonchev–Trinajstić information content (AvgIpc) is 2.39. The maximum absolute atomic E-state index is 5.92. The van der Waals surface area contributed by atoms with E-state index in [9.17, 15) is 0 Å². The molecule has 4 heteroatoms. The Labute approximate surface area is 93.6 Å². The molecule has 2 rings (SSSR count). The number of aromatic nitrogens is 2. The second-order valence-electron chi connectivity index (χ2n) is 3.26. The van der Waals surface area contributed by atoms with Gasteiger partial charge in [0, 0.05) is 12.4 Å². The molecule has 0 saturated heterocycles. The molecule has 0 amide bonds. The summed E-state index contributed by atoms with van der Waals surface area (Å²) < 4.78 is 0. The smallest absolute Gasteiger partial charge is 0.0880 e. The van der Waals surface area contributed by atoms with Crippen molar-refractivity contribution in [1.29, 1.82) is 0 Å². The van der Waals surface area contributed by atoms with E-state index >= 15 is 0 Å². The lowest BCUT2D eigenvalue weighted by Gasteiger charge is -2.05. The summed E-state index contributed by atoms with van der Waals surface area (Å²) in [6, 6.07) is 11.0. The summed E-state index contributed by atoms with van der Waals surface area (Å²) in [7, 11) is 0. The molecule has 2 aromatic rings. The first-order valence-corrected chi connectivity index (χ1v) is 4.87. The SMILES string of the molecule is N/C(=C(\N)c1ccccn1)c1ccccn1. The zero-order valence-electron chi connectivity index (χ0n) is 8.67. The quantitative estimate of drug-likeness (QED) is 0.784. The fourth-order valence-corrected chi connectivity index (χ4v) is 1.32. The van der Waals surface area contributed by atoms with E-state index in [4.69, 9.17) is 11.5 Å². The zero-order chi connectivity index (χ0) is 11.4. The number of pyridine rings is 2. The van der Waals surface area contributed by atoms with Gasteiger partial charge >= 0.3 is 0 Å². The molecular formula is C12H12N4. The van der Waals surface area contributed by atoms with Crippen molar-refractivity contribution in [3.05, 3.63) is 60.2 Å². The second kappa shape index (κ2) is 4.44. The van der Waals surface area contributed by atoms with Gasteiger partial charge in [0.2, 0.25) is 0 Å². The Kier molecular flexibility index (Phi) is 2.82. The van der Waals surface area contributed by atoms with Gasteiger partial charge < -0.3 is 11.5 Å². The Morgan fingerprint density at radius 2 is 1.19 bits per heavy atom. The van der Waals surface area contributed by atoms with E-state index in [0.717, 1.165) is 0 Å². The van der Waals surface area contributed by atoms with Gasteiger partial charge in [-0.05, 0) is 24.3 Å². The molecule has 2 heterocycles. The predicted octanol–water partition coefficient (Wildman–Crippen LogP) is 1.22. The van der Waals surface area contributed by atoms with Crippen LogP contribution in [0.25, 0.3) is 11.4 Å². The summed E-state index contributed by atoms with van der Waals surface area (Å²) in [5.74, 6) is 0. The van der Waals surface area contributed by atoms with E-state index in [1.807, 2.05) is 36.4 Å². The molecular weight excluding hydrogens is 200 g/mol. The minimum atomic E-state index is 0.444. The zero-order valence-corrected chi connectivity index (χ0v) is 8.67. The van der Waals surface area contributed by atoms with Crippen molar-refractivity contribution in [2.45, 2.75) is 0 Å².